The van der Waals surface area contributed by atoms with E-state index in [-0.39, 0.29) is 0 Å². The van der Waals surface area contributed by atoms with Gasteiger partial charge in [-0.05, 0) is 30.7 Å². The molecule has 98 valence electrons. The molecule has 0 aliphatic carbocycles. The quantitative estimate of drug-likeness (QED) is 0.722. The number of benzene rings is 1. The summed E-state index contributed by atoms with van der Waals surface area (Å²) in [6, 6.07) is 13.8. The third-order valence-corrected chi connectivity index (χ3v) is 3.27. The Morgan fingerprint density at radius 3 is 2.90 bits per heavy atom. The zero-order valence-corrected chi connectivity index (χ0v) is 11.2. The first kappa shape index (κ1) is 12.2. The van der Waals surface area contributed by atoms with E-state index in [1.807, 2.05) is 53.9 Å². The molecule has 0 amide bonds. The topological polar surface area (TPSA) is 67.1 Å². The van der Waals surface area contributed by atoms with Gasteiger partial charge in [-0.25, -0.2) is 4.98 Å². The molecule has 0 spiro atoms. The van der Waals surface area contributed by atoms with Crippen molar-refractivity contribution in [2.75, 3.05) is 5.73 Å². The smallest absolute Gasteiger partial charge is 0.137 e. The summed E-state index contributed by atoms with van der Waals surface area (Å²) < 4.78 is 1.98. The van der Waals surface area contributed by atoms with E-state index in [0.717, 1.165) is 28.2 Å². The lowest BCUT2D eigenvalue weighted by Gasteiger charge is -2.03. The molecular weight excluding hydrogens is 248 g/mol. The molecule has 0 fully saturated rings. The number of nitrogens with two attached hydrogens (primary N) is 1. The minimum absolute atomic E-state index is 0.314. The number of aryl methyl sites for hydroxylation is 1. The standard InChI is InChI=1S/C16H14N4/c1-11-5-6-15-19-16(12-3-2-4-13(18)9-12)14(7-8-17)20(15)10-11/h2-6,9-10H,7,18H2,1H3. The normalized spacial score (nSPS) is 10.6. The van der Waals surface area contributed by atoms with E-state index < -0.39 is 0 Å². The highest BCUT2D eigenvalue weighted by Gasteiger charge is 2.13. The lowest BCUT2D eigenvalue weighted by Crippen LogP contribution is -1.94. The van der Waals surface area contributed by atoms with Crippen LogP contribution in [0.4, 0.5) is 5.69 Å². The first-order chi connectivity index (χ1) is 9.69. The van der Waals surface area contributed by atoms with Crippen molar-refractivity contribution in [3.63, 3.8) is 0 Å². The van der Waals surface area contributed by atoms with E-state index in [1.165, 1.54) is 0 Å². The molecule has 0 aliphatic heterocycles. The molecule has 1 aromatic carbocycles. The summed E-state index contributed by atoms with van der Waals surface area (Å²) in [5.74, 6) is 0. The molecule has 0 atom stereocenters. The number of hydrogen-bond donors (Lipinski definition) is 1. The summed E-state index contributed by atoms with van der Waals surface area (Å²) in [5.41, 5.74) is 11.2. The number of fused-ring (bicyclic) bond motifs is 1. The highest BCUT2D eigenvalue weighted by atomic mass is 15.0. The van der Waals surface area contributed by atoms with Crippen molar-refractivity contribution in [2.24, 2.45) is 0 Å². The molecule has 4 heteroatoms. The number of imidazole rings is 1. The second-order valence-electron chi connectivity index (χ2n) is 4.80. The predicted molar refractivity (Wildman–Crippen MR) is 79.1 cm³/mol. The van der Waals surface area contributed by atoms with E-state index in [9.17, 15) is 0 Å². The molecule has 0 saturated heterocycles. The van der Waals surface area contributed by atoms with Gasteiger partial charge < -0.3 is 10.1 Å². The van der Waals surface area contributed by atoms with Crippen LogP contribution in [-0.4, -0.2) is 9.38 Å². The molecule has 2 heterocycles. The molecule has 20 heavy (non-hydrogen) atoms. The molecule has 0 radical (unpaired) electrons. The molecule has 0 saturated carbocycles. The highest BCUT2D eigenvalue weighted by Crippen LogP contribution is 2.26. The minimum atomic E-state index is 0.314. The van der Waals surface area contributed by atoms with Gasteiger partial charge in [-0.2, -0.15) is 5.26 Å². The molecular formula is C16H14N4. The van der Waals surface area contributed by atoms with E-state index >= 15 is 0 Å². The predicted octanol–water partition coefficient (Wildman–Crippen LogP) is 2.96. The molecule has 3 aromatic rings. The third kappa shape index (κ3) is 1.99. The zero-order valence-electron chi connectivity index (χ0n) is 11.2. The SMILES string of the molecule is Cc1ccc2nc(-c3cccc(N)c3)c(CC#N)n2c1. The van der Waals surface area contributed by atoms with Gasteiger partial charge in [0.25, 0.3) is 0 Å². The number of hydrogen-bond acceptors (Lipinski definition) is 3. The van der Waals surface area contributed by atoms with Crippen molar-refractivity contribution in [1.29, 1.82) is 5.26 Å². The number of nitrogen functional groups attached to an aromatic ring is 1. The van der Waals surface area contributed by atoms with Crippen molar-refractivity contribution >= 4 is 11.3 Å². The van der Waals surface area contributed by atoms with Crippen LogP contribution in [0.15, 0.2) is 42.6 Å². The Labute approximate surface area is 117 Å². The summed E-state index contributed by atoms with van der Waals surface area (Å²) in [6.45, 7) is 2.02. The molecule has 0 unspecified atom stereocenters. The number of nitriles is 1. The lowest BCUT2D eigenvalue weighted by molar-refractivity contribution is 1.04. The Morgan fingerprint density at radius 1 is 1.30 bits per heavy atom. The van der Waals surface area contributed by atoms with Gasteiger partial charge in [0.2, 0.25) is 0 Å². The molecule has 2 N–H and O–H groups in total. The van der Waals surface area contributed by atoms with Crippen LogP contribution in [0, 0.1) is 18.3 Å². The van der Waals surface area contributed by atoms with Gasteiger partial charge in [0.05, 0.1) is 23.9 Å². The second kappa shape index (κ2) is 4.71. The Hall–Kier alpha value is -2.80. The van der Waals surface area contributed by atoms with Gasteiger partial charge in [0.1, 0.15) is 5.65 Å². The fourth-order valence-corrected chi connectivity index (χ4v) is 2.36. The molecule has 0 bridgehead atoms. The van der Waals surface area contributed by atoms with Crippen LogP contribution < -0.4 is 5.73 Å². The van der Waals surface area contributed by atoms with Gasteiger partial charge >= 0.3 is 0 Å². The number of rotatable bonds is 2. The first-order valence-electron chi connectivity index (χ1n) is 6.39. The zero-order chi connectivity index (χ0) is 14.1. The number of pyridine rings is 1. The maximum absolute atomic E-state index is 9.08. The summed E-state index contributed by atoms with van der Waals surface area (Å²) in [5, 5.41) is 9.08. The number of anilines is 1. The maximum Gasteiger partial charge on any atom is 0.137 e. The number of aromatic nitrogens is 2. The van der Waals surface area contributed by atoms with Crippen LogP contribution in [0.1, 0.15) is 11.3 Å². The van der Waals surface area contributed by atoms with Crippen LogP contribution in [-0.2, 0) is 6.42 Å². The molecule has 0 aliphatic rings. The van der Waals surface area contributed by atoms with Crippen LogP contribution in [0.5, 0.6) is 0 Å². The van der Waals surface area contributed by atoms with Gasteiger partial charge in [0, 0.05) is 17.4 Å². The van der Waals surface area contributed by atoms with Crippen LogP contribution >= 0.6 is 0 Å². The average Bonchev–Trinajstić information content (AvgIpc) is 2.78. The first-order valence-corrected chi connectivity index (χ1v) is 6.39. The van der Waals surface area contributed by atoms with Gasteiger partial charge in [-0.3, -0.25) is 0 Å². The van der Waals surface area contributed by atoms with Crippen molar-refractivity contribution in [2.45, 2.75) is 13.3 Å². The van der Waals surface area contributed by atoms with E-state index in [4.69, 9.17) is 11.0 Å². The van der Waals surface area contributed by atoms with Crippen LogP contribution in [0.2, 0.25) is 0 Å². The van der Waals surface area contributed by atoms with E-state index in [1.54, 1.807) is 0 Å². The van der Waals surface area contributed by atoms with Crippen molar-refractivity contribution in [3.8, 4) is 17.3 Å². The van der Waals surface area contributed by atoms with E-state index in [0.29, 0.717) is 12.1 Å². The maximum atomic E-state index is 9.08. The third-order valence-electron chi connectivity index (χ3n) is 3.27. The van der Waals surface area contributed by atoms with Crippen molar-refractivity contribution < 1.29 is 0 Å². The molecule has 2 aromatic heterocycles. The summed E-state index contributed by atoms with van der Waals surface area (Å²) >= 11 is 0. The van der Waals surface area contributed by atoms with Gasteiger partial charge in [-0.15, -0.1) is 0 Å². The Balaban J connectivity index is 2.30. The average molecular weight is 262 g/mol. The van der Waals surface area contributed by atoms with Crippen LogP contribution in [0.3, 0.4) is 0 Å². The second-order valence-corrected chi connectivity index (χ2v) is 4.80. The van der Waals surface area contributed by atoms with Gasteiger partial charge in [-0.1, -0.05) is 18.2 Å². The fraction of sp³-hybridized carbons (Fsp3) is 0.125. The van der Waals surface area contributed by atoms with E-state index in [2.05, 4.69) is 11.1 Å². The summed E-state index contributed by atoms with van der Waals surface area (Å²) in [7, 11) is 0. The fourth-order valence-electron chi connectivity index (χ4n) is 2.36. The Bertz CT molecular complexity index is 824. The minimum Gasteiger partial charge on any atom is -0.399 e. The van der Waals surface area contributed by atoms with Crippen molar-refractivity contribution in [3.05, 3.63) is 53.9 Å². The molecule has 3 rings (SSSR count). The number of nitrogens with zero attached hydrogens (tertiary/aromatic N) is 3. The Morgan fingerprint density at radius 2 is 2.15 bits per heavy atom. The van der Waals surface area contributed by atoms with Crippen molar-refractivity contribution in [1.82, 2.24) is 9.38 Å². The van der Waals surface area contributed by atoms with Crippen LogP contribution in [0.25, 0.3) is 16.9 Å². The highest BCUT2D eigenvalue weighted by molar-refractivity contribution is 5.70. The van der Waals surface area contributed by atoms with Gasteiger partial charge in [0.15, 0.2) is 0 Å². The monoisotopic (exact) mass is 262 g/mol. The summed E-state index contributed by atoms with van der Waals surface area (Å²) in [6.07, 6.45) is 2.32. The molecule has 4 nitrogen and oxygen atoms in total. The lowest BCUT2D eigenvalue weighted by atomic mass is 10.1. The largest absolute Gasteiger partial charge is 0.399 e. The Kier molecular flexibility index (Phi) is 2.88. The summed E-state index contributed by atoms with van der Waals surface area (Å²) in [4.78, 5) is 4.64.